The molecule has 0 aliphatic heterocycles. The minimum absolute atomic E-state index is 0.578. The van der Waals surface area contributed by atoms with Crippen LogP contribution >= 0.6 is 0 Å². The maximum atomic E-state index is 9.72. The van der Waals surface area contributed by atoms with Gasteiger partial charge in [-0.15, -0.1) is 0 Å². The SMILES string of the molecule is C=C(/C=C\C(=C/C)N(C)C(=NCC)C(C)O)OC. The summed E-state index contributed by atoms with van der Waals surface area (Å²) in [5.74, 6) is 1.21. The predicted molar refractivity (Wildman–Crippen MR) is 76.5 cm³/mol. The maximum Gasteiger partial charge on any atom is 0.132 e. The van der Waals surface area contributed by atoms with Crippen LogP contribution in [0.1, 0.15) is 20.8 Å². The maximum absolute atomic E-state index is 9.72. The lowest BCUT2D eigenvalue weighted by atomic mass is 10.2. The zero-order chi connectivity index (χ0) is 14.1. The molecule has 4 heteroatoms. The first-order valence-electron chi connectivity index (χ1n) is 6.01. The third kappa shape index (κ3) is 5.19. The van der Waals surface area contributed by atoms with E-state index in [0.29, 0.717) is 18.1 Å². The van der Waals surface area contributed by atoms with Crippen LogP contribution in [-0.2, 0) is 4.74 Å². The van der Waals surface area contributed by atoms with Gasteiger partial charge in [0.15, 0.2) is 0 Å². The second-order valence-corrected chi connectivity index (χ2v) is 3.78. The first-order valence-corrected chi connectivity index (χ1v) is 6.01. The highest BCUT2D eigenvalue weighted by atomic mass is 16.5. The van der Waals surface area contributed by atoms with Gasteiger partial charge < -0.3 is 14.7 Å². The topological polar surface area (TPSA) is 45.1 Å². The fourth-order valence-electron chi connectivity index (χ4n) is 1.46. The number of methoxy groups -OCH3 is 1. The van der Waals surface area contributed by atoms with Gasteiger partial charge >= 0.3 is 0 Å². The molecule has 18 heavy (non-hydrogen) atoms. The minimum atomic E-state index is -0.607. The predicted octanol–water partition coefficient (Wildman–Crippen LogP) is 2.34. The van der Waals surface area contributed by atoms with Crippen LogP contribution in [0.15, 0.2) is 41.3 Å². The summed E-state index contributed by atoms with van der Waals surface area (Å²) in [6, 6.07) is 0. The number of aliphatic hydroxyl groups is 1. The first-order chi connectivity index (χ1) is 8.47. The molecule has 0 rings (SSSR count). The van der Waals surface area contributed by atoms with Crippen molar-refractivity contribution in [2.45, 2.75) is 26.9 Å². The van der Waals surface area contributed by atoms with E-state index in [9.17, 15) is 5.11 Å². The van der Waals surface area contributed by atoms with Crippen LogP contribution in [0.4, 0.5) is 0 Å². The molecule has 0 aromatic rings. The fraction of sp³-hybridized carbons (Fsp3) is 0.500. The lowest BCUT2D eigenvalue weighted by Gasteiger charge is -2.24. The lowest BCUT2D eigenvalue weighted by molar-refractivity contribution is 0.248. The number of amidine groups is 1. The number of aliphatic imine (C=N–C) groups is 1. The van der Waals surface area contributed by atoms with Crippen molar-refractivity contribution in [2.24, 2.45) is 4.99 Å². The third-order valence-electron chi connectivity index (χ3n) is 2.42. The summed E-state index contributed by atoms with van der Waals surface area (Å²) in [6.45, 7) is 9.93. The first kappa shape index (κ1) is 16.4. The molecule has 0 saturated carbocycles. The Morgan fingerprint density at radius 2 is 2.11 bits per heavy atom. The molecule has 1 atom stereocenters. The molecule has 0 aromatic heterocycles. The number of rotatable bonds is 6. The van der Waals surface area contributed by atoms with E-state index in [2.05, 4.69) is 11.6 Å². The molecule has 1 N–H and O–H groups in total. The Morgan fingerprint density at radius 1 is 1.50 bits per heavy atom. The van der Waals surface area contributed by atoms with Gasteiger partial charge in [-0.3, -0.25) is 4.99 Å². The van der Waals surface area contributed by atoms with Gasteiger partial charge in [0.1, 0.15) is 17.7 Å². The molecule has 4 nitrogen and oxygen atoms in total. The second kappa shape index (κ2) is 8.53. The summed E-state index contributed by atoms with van der Waals surface area (Å²) in [5, 5.41) is 9.72. The average molecular weight is 252 g/mol. The molecule has 0 bridgehead atoms. The van der Waals surface area contributed by atoms with Crippen molar-refractivity contribution in [3.05, 3.63) is 36.3 Å². The van der Waals surface area contributed by atoms with Crippen LogP contribution in [0, 0.1) is 0 Å². The highest BCUT2D eigenvalue weighted by Crippen LogP contribution is 2.09. The number of allylic oxidation sites excluding steroid dienone is 3. The molecule has 0 heterocycles. The summed E-state index contributed by atoms with van der Waals surface area (Å²) in [4.78, 5) is 6.16. The monoisotopic (exact) mass is 252 g/mol. The molecular weight excluding hydrogens is 228 g/mol. The van der Waals surface area contributed by atoms with Gasteiger partial charge in [0, 0.05) is 19.3 Å². The molecule has 0 spiro atoms. The van der Waals surface area contributed by atoms with Gasteiger partial charge in [-0.25, -0.2) is 0 Å². The van der Waals surface area contributed by atoms with Gasteiger partial charge in [0.25, 0.3) is 0 Å². The van der Waals surface area contributed by atoms with Crippen molar-refractivity contribution in [1.82, 2.24) is 4.90 Å². The molecule has 0 radical (unpaired) electrons. The quantitative estimate of drug-likeness (QED) is 0.341. The van der Waals surface area contributed by atoms with E-state index in [0.717, 1.165) is 5.70 Å². The number of likely N-dealkylation sites (N-methyl/N-ethyl adjacent to an activating group) is 1. The number of hydrogen-bond donors (Lipinski definition) is 1. The molecular formula is C14H24N2O2. The summed E-state index contributed by atoms with van der Waals surface area (Å²) in [6.07, 6.45) is 4.98. The zero-order valence-electron chi connectivity index (χ0n) is 12.0. The van der Waals surface area contributed by atoms with E-state index in [1.54, 1.807) is 20.1 Å². The standard InChI is InChI=1S/C14H24N2O2/c1-7-13(10-9-11(3)18-6)16(5)14(12(4)17)15-8-2/h7,9-10,12,17H,3,8H2,1-2,4-6H3/b10-9-,13-7+,15-14?. The summed E-state index contributed by atoms with van der Waals surface area (Å²) in [7, 11) is 3.45. The average Bonchev–Trinajstić information content (AvgIpc) is 2.35. The van der Waals surface area contributed by atoms with E-state index in [1.165, 1.54) is 0 Å². The molecule has 0 amide bonds. The van der Waals surface area contributed by atoms with Crippen LogP contribution in [0.25, 0.3) is 0 Å². The van der Waals surface area contributed by atoms with E-state index >= 15 is 0 Å². The van der Waals surface area contributed by atoms with Crippen molar-refractivity contribution >= 4 is 5.84 Å². The van der Waals surface area contributed by atoms with Gasteiger partial charge in [-0.2, -0.15) is 0 Å². The largest absolute Gasteiger partial charge is 0.497 e. The van der Waals surface area contributed by atoms with E-state index in [1.807, 2.05) is 37.9 Å². The van der Waals surface area contributed by atoms with E-state index in [-0.39, 0.29) is 0 Å². The molecule has 0 aromatic carbocycles. The Morgan fingerprint density at radius 3 is 2.50 bits per heavy atom. The van der Waals surface area contributed by atoms with Crippen molar-refractivity contribution in [3.63, 3.8) is 0 Å². The summed E-state index contributed by atoms with van der Waals surface area (Å²) in [5.41, 5.74) is 0.918. The highest BCUT2D eigenvalue weighted by Gasteiger charge is 2.13. The zero-order valence-corrected chi connectivity index (χ0v) is 12.0. The molecule has 0 saturated heterocycles. The van der Waals surface area contributed by atoms with Gasteiger partial charge in [-0.1, -0.05) is 12.7 Å². The highest BCUT2D eigenvalue weighted by molar-refractivity contribution is 5.87. The normalized spacial score (nSPS) is 14.8. The van der Waals surface area contributed by atoms with Gasteiger partial charge in [-0.05, 0) is 32.9 Å². The van der Waals surface area contributed by atoms with Crippen LogP contribution in [0.2, 0.25) is 0 Å². The minimum Gasteiger partial charge on any atom is -0.497 e. The summed E-state index contributed by atoms with van der Waals surface area (Å²) >= 11 is 0. The fourth-order valence-corrected chi connectivity index (χ4v) is 1.46. The molecule has 102 valence electrons. The molecule has 1 unspecified atom stereocenters. The Balaban J connectivity index is 5.02. The van der Waals surface area contributed by atoms with E-state index < -0.39 is 6.10 Å². The smallest absolute Gasteiger partial charge is 0.132 e. The van der Waals surface area contributed by atoms with E-state index in [4.69, 9.17) is 4.74 Å². The Labute approximate surface area is 110 Å². The Hall–Kier alpha value is -1.55. The second-order valence-electron chi connectivity index (χ2n) is 3.78. The van der Waals surface area contributed by atoms with Crippen LogP contribution < -0.4 is 0 Å². The van der Waals surface area contributed by atoms with Crippen LogP contribution in [-0.4, -0.2) is 42.6 Å². The van der Waals surface area contributed by atoms with Crippen molar-refractivity contribution in [2.75, 3.05) is 20.7 Å². The Kier molecular flexibility index (Phi) is 7.79. The Bertz CT molecular complexity index is 355. The van der Waals surface area contributed by atoms with Gasteiger partial charge in [0.2, 0.25) is 0 Å². The van der Waals surface area contributed by atoms with Crippen molar-refractivity contribution in [3.8, 4) is 0 Å². The van der Waals surface area contributed by atoms with Crippen molar-refractivity contribution in [1.29, 1.82) is 0 Å². The number of hydrogen-bond acceptors (Lipinski definition) is 3. The molecule has 0 aliphatic rings. The number of ether oxygens (including phenoxy) is 1. The number of aliphatic hydroxyl groups excluding tert-OH is 1. The summed E-state index contributed by atoms with van der Waals surface area (Å²) < 4.78 is 4.97. The van der Waals surface area contributed by atoms with Crippen LogP contribution in [0.3, 0.4) is 0 Å². The lowest BCUT2D eigenvalue weighted by Crippen LogP contribution is -2.34. The van der Waals surface area contributed by atoms with Crippen molar-refractivity contribution < 1.29 is 9.84 Å². The van der Waals surface area contributed by atoms with Crippen LogP contribution in [0.5, 0.6) is 0 Å². The molecule has 0 aliphatic carbocycles. The molecule has 0 fully saturated rings. The van der Waals surface area contributed by atoms with Gasteiger partial charge in [0.05, 0.1) is 7.11 Å². The third-order valence-corrected chi connectivity index (χ3v) is 2.42. The number of nitrogens with zero attached hydrogens (tertiary/aromatic N) is 2.